The lowest BCUT2D eigenvalue weighted by Crippen LogP contribution is -2.31. The SMILES string of the molecule is NCCS(=O)(=O)NCCc1ccc2c(c1)OCCO2. The Kier molecular flexibility index (Phi) is 4.62. The molecule has 0 atom stereocenters. The Hall–Kier alpha value is -1.31. The second-order valence-corrected chi connectivity index (χ2v) is 6.16. The van der Waals surface area contributed by atoms with E-state index in [0.29, 0.717) is 31.9 Å². The van der Waals surface area contributed by atoms with Gasteiger partial charge in [-0.05, 0) is 24.1 Å². The third kappa shape index (κ3) is 4.09. The molecule has 0 saturated carbocycles. The highest BCUT2D eigenvalue weighted by Crippen LogP contribution is 2.30. The fourth-order valence-electron chi connectivity index (χ4n) is 1.82. The van der Waals surface area contributed by atoms with Crippen molar-refractivity contribution in [1.82, 2.24) is 4.72 Å². The van der Waals surface area contributed by atoms with Gasteiger partial charge in [0.15, 0.2) is 11.5 Å². The largest absolute Gasteiger partial charge is 0.486 e. The molecule has 1 aliphatic rings. The van der Waals surface area contributed by atoms with Crippen LogP contribution in [0.5, 0.6) is 11.5 Å². The molecule has 0 saturated heterocycles. The van der Waals surface area contributed by atoms with E-state index in [0.717, 1.165) is 11.3 Å². The third-order valence-electron chi connectivity index (χ3n) is 2.73. The summed E-state index contributed by atoms with van der Waals surface area (Å²) in [7, 11) is -3.25. The minimum atomic E-state index is -3.25. The Bertz CT molecular complexity index is 531. The van der Waals surface area contributed by atoms with Gasteiger partial charge in [-0.1, -0.05) is 6.07 Å². The first kappa shape index (κ1) is 14.1. The quantitative estimate of drug-likeness (QED) is 0.761. The number of ether oxygens (including phenoxy) is 2. The zero-order chi connectivity index (χ0) is 13.7. The van der Waals surface area contributed by atoms with Crippen LogP contribution in [-0.4, -0.2) is 40.5 Å². The van der Waals surface area contributed by atoms with Crippen molar-refractivity contribution in [3.05, 3.63) is 23.8 Å². The molecule has 1 heterocycles. The molecule has 0 fully saturated rings. The van der Waals surface area contributed by atoms with E-state index in [9.17, 15) is 8.42 Å². The maximum atomic E-state index is 11.4. The number of nitrogens with two attached hydrogens (primary N) is 1. The molecule has 0 radical (unpaired) electrons. The van der Waals surface area contributed by atoms with Crippen LogP contribution in [0.4, 0.5) is 0 Å². The smallest absolute Gasteiger partial charge is 0.212 e. The molecule has 0 aromatic heterocycles. The van der Waals surface area contributed by atoms with Crippen molar-refractivity contribution in [2.75, 3.05) is 32.1 Å². The second-order valence-electron chi connectivity index (χ2n) is 4.23. The molecular formula is C12H18N2O4S. The maximum absolute atomic E-state index is 11.4. The van der Waals surface area contributed by atoms with Gasteiger partial charge >= 0.3 is 0 Å². The van der Waals surface area contributed by atoms with Gasteiger partial charge in [-0.2, -0.15) is 0 Å². The van der Waals surface area contributed by atoms with Crippen LogP contribution in [0.2, 0.25) is 0 Å². The van der Waals surface area contributed by atoms with Gasteiger partial charge in [0, 0.05) is 13.1 Å². The molecule has 0 spiro atoms. The van der Waals surface area contributed by atoms with E-state index in [1.165, 1.54) is 0 Å². The molecule has 0 amide bonds. The van der Waals surface area contributed by atoms with Crippen LogP contribution in [0, 0.1) is 0 Å². The molecule has 6 nitrogen and oxygen atoms in total. The number of nitrogens with one attached hydrogen (secondary N) is 1. The van der Waals surface area contributed by atoms with Gasteiger partial charge in [-0.3, -0.25) is 0 Å². The average Bonchev–Trinajstić information content (AvgIpc) is 2.38. The van der Waals surface area contributed by atoms with Gasteiger partial charge in [0.25, 0.3) is 0 Å². The number of hydrogen-bond acceptors (Lipinski definition) is 5. The standard InChI is InChI=1S/C12H18N2O4S/c13-4-8-19(15,16)14-5-3-10-1-2-11-12(9-10)18-7-6-17-11/h1-2,9,14H,3-8,13H2. The summed E-state index contributed by atoms with van der Waals surface area (Å²) < 4.78 is 36.2. The molecule has 19 heavy (non-hydrogen) atoms. The summed E-state index contributed by atoms with van der Waals surface area (Å²) in [6, 6.07) is 5.63. The topological polar surface area (TPSA) is 90.7 Å². The molecule has 1 aromatic carbocycles. The van der Waals surface area contributed by atoms with Crippen LogP contribution >= 0.6 is 0 Å². The van der Waals surface area contributed by atoms with Crippen molar-refractivity contribution in [3.8, 4) is 11.5 Å². The molecule has 2 rings (SSSR count). The molecule has 106 valence electrons. The first-order chi connectivity index (χ1) is 9.11. The van der Waals surface area contributed by atoms with E-state index >= 15 is 0 Å². The van der Waals surface area contributed by atoms with Crippen molar-refractivity contribution in [2.45, 2.75) is 6.42 Å². The number of benzene rings is 1. The fourth-order valence-corrected chi connectivity index (χ4v) is 2.69. The molecule has 1 aromatic rings. The second kappa shape index (κ2) is 6.23. The highest BCUT2D eigenvalue weighted by atomic mass is 32.2. The number of hydrogen-bond donors (Lipinski definition) is 2. The van der Waals surface area contributed by atoms with Crippen LogP contribution in [-0.2, 0) is 16.4 Å². The number of rotatable bonds is 6. The Balaban J connectivity index is 1.90. The lowest BCUT2D eigenvalue weighted by atomic mass is 10.1. The summed E-state index contributed by atoms with van der Waals surface area (Å²) in [6.45, 7) is 1.58. The lowest BCUT2D eigenvalue weighted by Gasteiger charge is -2.18. The Labute approximate surface area is 112 Å². The molecule has 0 bridgehead atoms. The van der Waals surface area contributed by atoms with Crippen LogP contribution < -0.4 is 19.9 Å². The van der Waals surface area contributed by atoms with Crippen LogP contribution in [0.1, 0.15) is 5.56 Å². The molecule has 7 heteroatoms. The summed E-state index contributed by atoms with van der Waals surface area (Å²) in [4.78, 5) is 0. The third-order valence-corrected chi connectivity index (χ3v) is 4.15. The van der Waals surface area contributed by atoms with E-state index in [1.807, 2.05) is 18.2 Å². The molecule has 0 aliphatic carbocycles. The summed E-state index contributed by atoms with van der Waals surface area (Å²) in [5, 5.41) is 0. The Morgan fingerprint density at radius 1 is 1.21 bits per heavy atom. The molecule has 1 aliphatic heterocycles. The highest BCUT2D eigenvalue weighted by Gasteiger charge is 2.12. The molecule has 3 N–H and O–H groups in total. The van der Waals surface area contributed by atoms with E-state index < -0.39 is 10.0 Å². The van der Waals surface area contributed by atoms with Crippen molar-refractivity contribution < 1.29 is 17.9 Å². The Morgan fingerprint density at radius 3 is 2.68 bits per heavy atom. The minimum Gasteiger partial charge on any atom is -0.486 e. The summed E-state index contributed by atoms with van der Waals surface area (Å²) in [5.41, 5.74) is 6.22. The van der Waals surface area contributed by atoms with Gasteiger partial charge < -0.3 is 15.2 Å². The monoisotopic (exact) mass is 286 g/mol. The minimum absolute atomic E-state index is 0.0475. The first-order valence-corrected chi connectivity index (χ1v) is 7.82. The predicted molar refractivity (Wildman–Crippen MR) is 72.0 cm³/mol. The van der Waals surface area contributed by atoms with Crippen molar-refractivity contribution in [2.24, 2.45) is 5.73 Å². The molecule has 0 unspecified atom stereocenters. The summed E-state index contributed by atoms with van der Waals surface area (Å²) in [6.07, 6.45) is 0.598. The molecular weight excluding hydrogens is 268 g/mol. The van der Waals surface area contributed by atoms with Gasteiger partial charge in [0.2, 0.25) is 10.0 Å². The number of sulfonamides is 1. The summed E-state index contributed by atoms with van der Waals surface area (Å²) in [5.74, 6) is 1.40. The number of fused-ring (bicyclic) bond motifs is 1. The zero-order valence-corrected chi connectivity index (χ0v) is 11.4. The van der Waals surface area contributed by atoms with Gasteiger partial charge in [-0.15, -0.1) is 0 Å². The van der Waals surface area contributed by atoms with E-state index in [1.54, 1.807) is 0 Å². The fraction of sp³-hybridized carbons (Fsp3) is 0.500. The first-order valence-electron chi connectivity index (χ1n) is 6.17. The van der Waals surface area contributed by atoms with E-state index in [4.69, 9.17) is 15.2 Å². The van der Waals surface area contributed by atoms with Crippen molar-refractivity contribution in [1.29, 1.82) is 0 Å². The Morgan fingerprint density at radius 2 is 1.95 bits per heavy atom. The van der Waals surface area contributed by atoms with E-state index in [2.05, 4.69) is 4.72 Å². The van der Waals surface area contributed by atoms with E-state index in [-0.39, 0.29) is 12.3 Å². The highest BCUT2D eigenvalue weighted by molar-refractivity contribution is 7.89. The van der Waals surface area contributed by atoms with Gasteiger partial charge in [0.05, 0.1) is 5.75 Å². The van der Waals surface area contributed by atoms with Crippen LogP contribution in [0.25, 0.3) is 0 Å². The zero-order valence-electron chi connectivity index (χ0n) is 10.6. The van der Waals surface area contributed by atoms with Gasteiger partial charge in [0.1, 0.15) is 13.2 Å². The van der Waals surface area contributed by atoms with Gasteiger partial charge in [-0.25, -0.2) is 13.1 Å². The van der Waals surface area contributed by atoms with Crippen molar-refractivity contribution >= 4 is 10.0 Å². The van der Waals surface area contributed by atoms with Crippen LogP contribution in [0.15, 0.2) is 18.2 Å². The normalized spacial score (nSPS) is 14.4. The van der Waals surface area contributed by atoms with Crippen molar-refractivity contribution in [3.63, 3.8) is 0 Å². The predicted octanol–water partition coefficient (Wildman–Crippen LogP) is -0.122. The maximum Gasteiger partial charge on any atom is 0.212 e. The van der Waals surface area contributed by atoms with Crippen LogP contribution in [0.3, 0.4) is 0 Å². The lowest BCUT2D eigenvalue weighted by molar-refractivity contribution is 0.171. The summed E-state index contributed by atoms with van der Waals surface area (Å²) >= 11 is 0. The average molecular weight is 286 g/mol.